The second-order valence-electron chi connectivity index (χ2n) is 7.44. The Kier molecular flexibility index (Phi) is 6.57. The summed E-state index contributed by atoms with van der Waals surface area (Å²) in [5, 5.41) is 3.38. The minimum atomic E-state index is -0.266. The molecule has 1 N–H and O–H groups in total. The largest absolute Gasteiger partial charge is 0.367 e. The Morgan fingerprint density at radius 2 is 1.93 bits per heavy atom. The van der Waals surface area contributed by atoms with Crippen molar-refractivity contribution >= 4 is 11.7 Å². The van der Waals surface area contributed by atoms with Crippen LogP contribution in [0.3, 0.4) is 0 Å². The minimum Gasteiger partial charge on any atom is -0.367 e. The molecule has 6 nitrogen and oxygen atoms in total. The van der Waals surface area contributed by atoms with Gasteiger partial charge in [0, 0.05) is 33.1 Å². The minimum absolute atomic E-state index is 0.0779. The van der Waals surface area contributed by atoms with E-state index >= 15 is 0 Å². The zero-order valence-electron chi connectivity index (χ0n) is 16.8. The van der Waals surface area contributed by atoms with Gasteiger partial charge in [-0.05, 0) is 43.6 Å². The van der Waals surface area contributed by atoms with E-state index in [1.54, 1.807) is 26.2 Å². The molecule has 0 aliphatic carbocycles. The average molecular weight is 385 g/mol. The van der Waals surface area contributed by atoms with E-state index in [1.165, 1.54) is 36.1 Å². The number of amides is 1. The molecular weight excluding hydrogens is 357 g/mol. The van der Waals surface area contributed by atoms with E-state index < -0.39 is 0 Å². The van der Waals surface area contributed by atoms with Crippen LogP contribution in [0.25, 0.3) is 0 Å². The molecule has 150 valence electrons. The van der Waals surface area contributed by atoms with E-state index in [1.807, 2.05) is 6.92 Å². The van der Waals surface area contributed by atoms with Crippen LogP contribution in [-0.4, -0.2) is 65.9 Å². The Hall–Kier alpha value is -2.54. The fourth-order valence-corrected chi connectivity index (χ4v) is 3.43. The standard InChI is InChI=1S/C21H28FN5O/c1-15(16-6-8-17(22)9-7-16)19-20(23-10-13-27-11-4-5-12-27)25-18(14-24-19)21(28)26(2)3/h6-9,14-15H,4-5,10-13H2,1-3H3,(H,23,25). The number of halogens is 1. The van der Waals surface area contributed by atoms with Crippen molar-refractivity contribution in [2.24, 2.45) is 0 Å². The highest BCUT2D eigenvalue weighted by molar-refractivity contribution is 5.92. The summed E-state index contributed by atoms with van der Waals surface area (Å²) in [6.45, 7) is 5.93. The Labute approximate surface area is 165 Å². The molecule has 1 aromatic heterocycles. The summed E-state index contributed by atoms with van der Waals surface area (Å²) in [5.41, 5.74) is 2.01. The van der Waals surface area contributed by atoms with Crippen molar-refractivity contribution in [1.82, 2.24) is 19.8 Å². The van der Waals surface area contributed by atoms with Gasteiger partial charge in [-0.25, -0.2) is 9.37 Å². The number of likely N-dealkylation sites (tertiary alicyclic amines) is 1. The van der Waals surface area contributed by atoms with Crippen molar-refractivity contribution in [3.63, 3.8) is 0 Å². The van der Waals surface area contributed by atoms with E-state index in [0.29, 0.717) is 11.5 Å². The van der Waals surface area contributed by atoms with Crippen LogP contribution in [0.4, 0.5) is 10.2 Å². The molecule has 1 aliphatic heterocycles. The SMILES string of the molecule is CC(c1ccc(F)cc1)c1ncc(C(=O)N(C)C)nc1NCCN1CCCC1. The molecule has 1 aromatic carbocycles. The van der Waals surface area contributed by atoms with E-state index in [9.17, 15) is 9.18 Å². The molecule has 3 rings (SSSR count). The van der Waals surface area contributed by atoms with Crippen LogP contribution in [-0.2, 0) is 0 Å². The normalized spacial score (nSPS) is 15.4. The molecule has 0 bridgehead atoms. The van der Waals surface area contributed by atoms with Gasteiger partial charge < -0.3 is 15.1 Å². The summed E-state index contributed by atoms with van der Waals surface area (Å²) in [6.07, 6.45) is 4.02. The maximum absolute atomic E-state index is 13.3. The Bertz CT molecular complexity index is 803. The third kappa shape index (κ3) is 4.84. The summed E-state index contributed by atoms with van der Waals surface area (Å²) in [6, 6.07) is 6.41. The van der Waals surface area contributed by atoms with E-state index in [2.05, 4.69) is 20.2 Å². The third-order valence-corrected chi connectivity index (χ3v) is 5.13. The molecule has 1 unspecified atom stereocenters. The number of rotatable bonds is 7. The van der Waals surface area contributed by atoms with Gasteiger partial charge in [0.1, 0.15) is 17.3 Å². The predicted octanol–water partition coefficient (Wildman–Crippen LogP) is 2.98. The number of anilines is 1. The van der Waals surface area contributed by atoms with Gasteiger partial charge in [-0.1, -0.05) is 19.1 Å². The lowest BCUT2D eigenvalue weighted by Gasteiger charge is -2.20. The molecule has 0 saturated carbocycles. The Balaban J connectivity index is 1.83. The van der Waals surface area contributed by atoms with Crippen LogP contribution in [0.2, 0.25) is 0 Å². The molecule has 2 heterocycles. The van der Waals surface area contributed by atoms with Gasteiger partial charge in [0.15, 0.2) is 0 Å². The maximum Gasteiger partial charge on any atom is 0.273 e. The van der Waals surface area contributed by atoms with Crippen LogP contribution in [0.5, 0.6) is 0 Å². The Morgan fingerprint density at radius 1 is 1.25 bits per heavy atom. The fourth-order valence-electron chi connectivity index (χ4n) is 3.43. The van der Waals surface area contributed by atoms with Crippen LogP contribution in [0, 0.1) is 5.82 Å². The number of benzene rings is 1. The highest BCUT2D eigenvalue weighted by Crippen LogP contribution is 2.27. The number of aromatic nitrogens is 2. The molecule has 1 amide bonds. The Morgan fingerprint density at radius 3 is 2.57 bits per heavy atom. The van der Waals surface area contributed by atoms with Gasteiger partial charge in [-0.3, -0.25) is 9.78 Å². The highest BCUT2D eigenvalue weighted by Gasteiger charge is 2.20. The molecule has 2 aromatic rings. The first kappa shape index (κ1) is 20.2. The first-order valence-electron chi connectivity index (χ1n) is 9.76. The maximum atomic E-state index is 13.3. The summed E-state index contributed by atoms with van der Waals surface area (Å²) in [7, 11) is 3.39. The van der Waals surface area contributed by atoms with Gasteiger partial charge in [0.25, 0.3) is 5.91 Å². The van der Waals surface area contributed by atoms with E-state index in [0.717, 1.165) is 37.4 Å². The molecule has 1 atom stereocenters. The molecule has 1 saturated heterocycles. The van der Waals surface area contributed by atoms with Gasteiger partial charge in [-0.2, -0.15) is 0 Å². The lowest BCUT2D eigenvalue weighted by Crippen LogP contribution is -2.27. The van der Waals surface area contributed by atoms with E-state index in [-0.39, 0.29) is 17.6 Å². The van der Waals surface area contributed by atoms with Gasteiger partial charge >= 0.3 is 0 Å². The smallest absolute Gasteiger partial charge is 0.273 e. The van der Waals surface area contributed by atoms with Crippen LogP contribution in [0.15, 0.2) is 30.5 Å². The molecule has 1 aliphatic rings. The molecule has 0 spiro atoms. The summed E-state index contributed by atoms with van der Waals surface area (Å²) >= 11 is 0. The monoisotopic (exact) mass is 385 g/mol. The van der Waals surface area contributed by atoms with E-state index in [4.69, 9.17) is 0 Å². The second-order valence-corrected chi connectivity index (χ2v) is 7.44. The first-order chi connectivity index (χ1) is 13.5. The highest BCUT2D eigenvalue weighted by atomic mass is 19.1. The topological polar surface area (TPSA) is 61.4 Å². The van der Waals surface area contributed by atoms with Crippen LogP contribution in [0.1, 0.15) is 47.4 Å². The average Bonchev–Trinajstić information content (AvgIpc) is 3.21. The number of hydrogen-bond donors (Lipinski definition) is 1. The van der Waals surface area contributed by atoms with Crippen molar-refractivity contribution < 1.29 is 9.18 Å². The first-order valence-corrected chi connectivity index (χ1v) is 9.76. The number of hydrogen-bond acceptors (Lipinski definition) is 5. The van der Waals surface area contributed by atoms with Gasteiger partial charge in [-0.15, -0.1) is 0 Å². The van der Waals surface area contributed by atoms with Gasteiger partial charge in [0.05, 0.1) is 11.9 Å². The molecule has 7 heteroatoms. The number of nitrogens with zero attached hydrogens (tertiary/aromatic N) is 4. The van der Waals surface area contributed by atoms with Crippen LogP contribution >= 0.6 is 0 Å². The molecular formula is C21H28FN5O. The zero-order valence-corrected chi connectivity index (χ0v) is 16.8. The fraction of sp³-hybridized carbons (Fsp3) is 0.476. The zero-order chi connectivity index (χ0) is 20.1. The predicted molar refractivity (Wildman–Crippen MR) is 108 cm³/mol. The molecule has 1 fully saturated rings. The van der Waals surface area contributed by atoms with Crippen molar-refractivity contribution in [1.29, 1.82) is 0 Å². The number of carbonyl (C=O) groups is 1. The second kappa shape index (κ2) is 9.10. The van der Waals surface area contributed by atoms with Gasteiger partial charge in [0.2, 0.25) is 0 Å². The summed E-state index contributed by atoms with van der Waals surface area (Å²) in [4.78, 5) is 25.3. The third-order valence-electron chi connectivity index (χ3n) is 5.13. The number of carbonyl (C=O) groups excluding carboxylic acids is 1. The van der Waals surface area contributed by atoms with Crippen LogP contribution < -0.4 is 5.32 Å². The summed E-state index contributed by atoms with van der Waals surface area (Å²) < 4.78 is 13.3. The van der Waals surface area contributed by atoms with Crippen molar-refractivity contribution in [2.75, 3.05) is 45.6 Å². The lowest BCUT2D eigenvalue weighted by atomic mass is 9.97. The van der Waals surface area contributed by atoms with Crippen molar-refractivity contribution in [3.8, 4) is 0 Å². The molecule has 28 heavy (non-hydrogen) atoms. The quantitative estimate of drug-likeness (QED) is 0.794. The lowest BCUT2D eigenvalue weighted by molar-refractivity contribution is 0.0821. The van der Waals surface area contributed by atoms with Crippen molar-refractivity contribution in [3.05, 3.63) is 53.2 Å². The van der Waals surface area contributed by atoms with Crippen molar-refractivity contribution in [2.45, 2.75) is 25.7 Å². The number of nitrogens with one attached hydrogen (secondary N) is 1. The molecule has 0 radical (unpaired) electrons. The summed E-state index contributed by atoms with van der Waals surface area (Å²) in [5.74, 6) is 0.0867.